The van der Waals surface area contributed by atoms with E-state index in [0.29, 0.717) is 17.2 Å². The lowest BCUT2D eigenvalue weighted by Crippen LogP contribution is -2.23. The highest BCUT2D eigenvalue weighted by atomic mass is 32.1. The van der Waals surface area contributed by atoms with Crippen molar-refractivity contribution in [2.45, 2.75) is 45.4 Å². The summed E-state index contributed by atoms with van der Waals surface area (Å²) in [6, 6.07) is 1.86. The Morgan fingerprint density at radius 2 is 1.90 bits per heavy atom. The lowest BCUT2D eigenvalue weighted by Gasteiger charge is -2.05. The molecule has 0 aromatic carbocycles. The van der Waals surface area contributed by atoms with Crippen LogP contribution in [0, 0.1) is 6.92 Å². The van der Waals surface area contributed by atoms with Crippen molar-refractivity contribution in [3.8, 4) is 5.75 Å². The Bertz CT molecular complexity index is 470. The molecule has 0 saturated carbocycles. The van der Waals surface area contributed by atoms with E-state index in [9.17, 15) is 9.59 Å². The molecule has 0 spiro atoms. The van der Waals surface area contributed by atoms with E-state index in [0.717, 1.165) is 37.0 Å². The van der Waals surface area contributed by atoms with Crippen molar-refractivity contribution in [3.63, 3.8) is 0 Å². The van der Waals surface area contributed by atoms with Gasteiger partial charge in [0.15, 0.2) is 0 Å². The summed E-state index contributed by atoms with van der Waals surface area (Å²) < 4.78 is 5.18. The molecule has 1 heterocycles. The van der Waals surface area contributed by atoms with Crippen molar-refractivity contribution in [1.29, 1.82) is 0 Å². The van der Waals surface area contributed by atoms with Gasteiger partial charge in [-0.05, 0) is 25.8 Å². The van der Waals surface area contributed by atoms with Gasteiger partial charge in [-0.3, -0.25) is 9.59 Å². The van der Waals surface area contributed by atoms with Gasteiger partial charge in [-0.2, -0.15) is 0 Å². The number of carbonyl (C=O) groups excluding carboxylic acids is 1. The molecule has 0 aliphatic rings. The minimum atomic E-state index is -0.734. The number of unbranched alkanes of at least 4 members (excludes halogenated alkanes) is 4. The van der Waals surface area contributed by atoms with E-state index in [-0.39, 0.29) is 12.3 Å². The molecule has 0 aliphatic carbocycles. The van der Waals surface area contributed by atoms with Crippen LogP contribution in [0.3, 0.4) is 0 Å². The van der Waals surface area contributed by atoms with Crippen LogP contribution in [0.5, 0.6) is 5.75 Å². The second-order valence-corrected chi connectivity index (χ2v) is 6.18. The molecule has 1 aromatic rings. The fraction of sp³-hybridized carbons (Fsp3) is 0.600. The zero-order valence-electron chi connectivity index (χ0n) is 12.6. The maximum Gasteiger partial charge on any atom is 0.303 e. The number of thiophene rings is 1. The third kappa shape index (κ3) is 6.62. The first-order valence-electron chi connectivity index (χ1n) is 7.19. The average molecular weight is 313 g/mol. The second kappa shape index (κ2) is 9.39. The van der Waals surface area contributed by atoms with E-state index in [1.807, 2.05) is 13.0 Å². The van der Waals surface area contributed by atoms with Crippen LogP contribution in [0.1, 0.15) is 53.1 Å². The molecule has 2 N–H and O–H groups in total. The molecule has 0 aliphatic heterocycles. The fourth-order valence-corrected chi connectivity index (χ4v) is 2.91. The van der Waals surface area contributed by atoms with Crippen LogP contribution in [0.25, 0.3) is 0 Å². The molecular formula is C15H23NO4S. The third-order valence-corrected chi connectivity index (χ3v) is 4.13. The van der Waals surface area contributed by atoms with E-state index in [1.165, 1.54) is 11.3 Å². The molecule has 5 nitrogen and oxygen atoms in total. The van der Waals surface area contributed by atoms with E-state index in [4.69, 9.17) is 9.84 Å². The van der Waals surface area contributed by atoms with Gasteiger partial charge in [0.2, 0.25) is 0 Å². The quantitative estimate of drug-likeness (QED) is 0.650. The number of carboxylic acids is 1. The monoisotopic (exact) mass is 313 g/mol. The second-order valence-electron chi connectivity index (χ2n) is 4.92. The van der Waals surface area contributed by atoms with Gasteiger partial charge >= 0.3 is 5.97 Å². The van der Waals surface area contributed by atoms with Crippen molar-refractivity contribution in [3.05, 3.63) is 15.8 Å². The first-order valence-corrected chi connectivity index (χ1v) is 8.00. The van der Waals surface area contributed by atoms with Gasteiger partial charge in [-0.25, -0.2) is 0 Å². The molecule has 6 heteroatoms. The van der Waals surface area contributed by atoms with Crippen molar-refractivity contribution < 1.29 is 19.4 Å². The molecule has 0 unspecified atom stereocenters. The highest BCUT2D eigenvalue weighted by Crippen LogP contribution is 2.28. The number of hydrogen-bond donors (Lipinski definition) is 2. The fourth-order valence-electron chi connectivity index (χ4n) is 2.01. The van der Waals surface area contributed by atoms with Crippen molar-refractivity contribution in [2.24, 2.45) is 0 Å². The van der Waals surface area contributed by atoms with Gasteiger partial charge < -0.3 is 15.2 Å². The molecule has 1 aromatic heterocycles. The first-order chi connectivity index (χ1) is 10.0. The van der Waals surface area contributed by atoms with Gasteiger partial charge in [-0.15, -0.1) is 11.3 Å². The number of hydrogen-bond acceptors (Lipinski definition) is 4. The number of rotatable bonds is 10. The Morgan fingerprint density at radius 3 is 2.57 bits per heavy atom. The molecular weight excluding hydrogens is 290 g/mol. The smallest absolute Gasteiger partial charge is 0.303 e. The summed E-state index contributed by atoms with van der Waals surface area (Å²) in [7, 11) is 1.56. The molecule has 0 radical (unpaired) electrons. The van der Waals surface area contributed by atoms with Crippen LogP contribution >= 0.6 is 11.3 Å². The predicted octanol–water partition coefficient (Wildman–Crippen LogP) is 3.22. The zero-order chi connectivity index (χ0) is 15.7. The number of nitrogens with one attached hydrogen (secondary N) is 1. The van der Waals surface area contributed by atoms with Crippen molar-refractivity contribution in [2.75, 3.05) is 13.7 Å². The average Bonchev–Trinajstić information content (AvgIpc) is 2.82. The number of aryl methyl sites for hydroxylation is 1. The summed E-state index contributed by atoms with van der Waals surface area (Å²) in [4.78, 5) is 24.0. The Balaban J connectivity index is 2.15. The maximum atomic E-state index is 12.0. The summed E-state index contributed by atoms with van der Waals surface area (Å²) in [6.45, 7) is 2.58. The molecule has 0 fully saturated rings. The minimum absolute atomic E-state index is 0.0872. The van der Waals surface area contributed by atoms with E-state index < -0.39 is 5.97 Å². The number of ether oxygens (including phenoxy) is 1. The zero-order valence-corrected chi connectivity index (χ0v) is 13.4. The molecule has 0 atom stereocenters. The minimum Gasteiger partial charge on any atom is -0.495 e. The predicted molar refractivity (Wildman–Crippen MR) is 83.3 cm³/mol. The van der Waals surface area contributed by atoms with Crippen LogP contribution in [0.15, 0.2) is 6.07 Å². The number of carboxylic acid groups (broad SMARTS) is 1. The van der Waals surface area contributed by atoms with E-state index in [2.05, 4.69) is 5.32 Å². The SMILES string of the molecule is COc1cc(C)sc1C(=O)NCCCCCCCC(=O)O. The van der Waals surface area contributed by atoms with Crippen LogP contribution < -0.4 is 10.1 Å². The van der Waals surface area contributed by atoms with Crippen LogP contribution in [-0.4, -0.2) is 30.6 Å². The Hall–Kier alpha value is -1.56. The molecule has 118 valence electrons. The molecule has 1 rings (SSSR count). The molecule has 21 heavy (non-hydrogen) atoms. The number of amides is 1. The summed E-state index contributed by atoms with van der Waals surface area (Å²) in [5.41, 5.74) is 0. The molecule has 0 bridgehead atoms. The highest BCUT2D eigenvalue weighted by molar-refractivity contribution is 7.14. The molecule has 0 saturated heterocycles. The van der Waals surface area contributed by atoms with Crippen LogP contribution in [-0.2, 0) is 4.79 Å². The van der Waals surface area contributed by atoms with Gasteiger partial charge in [0.05, 0.1) is 7.11 Å². The van der Waals surface area contributed by atoms with Crippen LogP contribution in [0.4, 0.5) is 0 Å². The Kier molecular flexibility index (Phi) is 7.82. The highest BCUT2D eigenvalue weighted by Gasteiger charge is 2.14. The lowest BCUT2D eigenvalue weighted by atomic mass is 10.1. The van der Waals surface area contributed by atoms with Gasteiger partial charge in [0.25, 0.3) is 5.91 Å². The summed E-state index contributed by atoms with van der Waals surface area (Å²) in [5.74, 6) is -0.193. The summed E-state index contributed by atoms with van der Waals surface area (Å²) in [5, 5.41) is 11.4. The first kappa shape index (κ1) is 17.5. The van der Waals surface area contributed by atoms with Crippen LogP contribution in [0.2, 0.25) is 0 Å². The number of methoxy groups -OCH3 is 1. The number of aliphatic carboxylic acids is 1. The Morgan fingerprint density at radius 1 is 1.24 bits per heavy atom. The summed E-state index contributed by atoms with van der Waals surface area (Å²) >= 11 is 1.43. The standard InChI is InChI=1S/C15H23NO4S/c1-11-10-12(20-2)14(21-11)15(19)16-9-7-5-3-4-6-8-13(17)18/h10H,3-9H2,1-2H3,(H,16,19)(H,17,18). The van der Waals surface area contributed by atoms with Gasteiger partial charge in [-0.1, -0.05) is 19.3 Å². The van der Waals surface area contributed by atoms with Gasteiger partial charge in [0, 0.05) is 17.8 Å². The van der Waals surface area contributed by atoms with E-state index in [1.54, 1.807) is 7.11 Å². The van der Waals surface area contributed by atoms with Gasteiger partial charge in [0.1, 0.15) is 10.6 Å². The normalized spacial score (nSPS) is 10.4. The Labute approximate surface area is 129 Å². The maximum absolute atomic E-state index is 12.0. The number of carbonyl (C=O) groups is 2. The third-order valence-electron chi connectivity index (χ3n) is 3.10. The summed E-state index contributed by atoms with van der Waals surface area (Å²) in [6.07, 6.45) is 4.82. The topological polar surface area (TPSA) is 75.6 Å². The van der Waals surface area contributed by atoms with E-state index >= 15 is 0 Å². The largest absolute Gasteiger partial charge is 0.495 e. The van der Waals surface area contributed by atoms with Crippen molar-refractivity contribution >= 4 is 23.2 Å². The lowest BCUT2D eigenvalue weighted by molar-refractivity contribution is -0.137. The molecule has 1 amide bonds. The van der Waals surface area contributed by atoms with Crippen molar-refractivity contribution in [1.82, 2.24) is 5.32 Å².